The van der Waals surface area contributed by atoms with Crippen LogP contribution in [0.3, 0.4) is 0 Å². The number of hydrogen-bond donors (Lipinski definition) is 3. The van der Waals surface area contributed by atoms with Crippen LogP contribution in [-0.2, 0) is 20.7 Å². The van der Waals surface area contributed by atoms with Crippen LogP contribution in [0.2, 0.25) is 0 Å². The van der Waals surface area contributed by atoms with Crippen molar-refractivity contribution in [1.82, 2.24) is 10.2 Å². The Morgan fingerprint density at radius 2 is 1.58 bits per heavy atom. The van der Waals surface area contributed by atoms with E-state index >= 15 is 0 Å². The monoisotopic (exact) mass is 579 g/mol. The van der Waals surface area contributed by atoms with Gasteiger partial charge in [-0.3, -0.25) is 9.59 Å². The molecule has 4 aromatic rings. The van der Waals surface area contributed by atoms with Gasteiger partial charge in [-0.15, -0.1) is 0 Å². The lowest BCUT2D eigenvalue weighted by Gasteiger charge is -2.35. The number of fused-ring (bicyclic) bond motifs is 1. The van der Waals surface area contributed by atoms with Crippen molar-refractivity contribution in [2.24, 2.45) is 0 Å². The third kappa shape index (κ3) is 7.71. The van der Waals surface area contributed by atoms with Gasteiger partial charge in [-0.2, -0.15) is 0 Å². The van der Waals surface area contributed by atoms with Crippen molar-refractivity contribution in [3.05, 3.63) is 108 Å². The maximum atomic E-state index is 14.5. The lowest BCUT2D eigenvalue weighted by molar-refractivity contribution is -0.141. The summed E-state index contributed by atoms with van der Waals surface area (Å²) in [6.45, 7) is 5.27. The van der Waals surface area contributed by atoms with E-state index in [0.29, 0.717) is 11.3 Å². The maximum Gasteiger partial charge on any atom is 0.408 e. The minimum atomic E-state index is -1.06. The number of hydrogen-bond acceptors (Lipinski definition) is 5. The second kappa shape index (κ2) is 12.6. The van der Waals surface area contributed by atoms with Gasteiger partial charge in [0.1, 0.15) is 23.4 Å². The highest BCUT2D eigenvalue weighted by molar-refractivity contribution is 6.00. The third-order valence-corrected chi connectivity index (χ3v) is 7.20. The Morgan fingerprint density at radius 1 is 0.884 bits per heavy atom. The van der Waals surface area contributed by atoms with Crippen LogP contribution in [0.15, 0.2) is 97.1 Å². The lowest BCUT2D eigenvalue weighted by atomic mass is 9.99. The zero-order chi connectivity index (χ0) is 30.6. The van der Waals surface area contributed by atoms with E-state index in [4.69, 9.17) is 4.74 Å². The predicted octanol–water partition coefficient (Wildman–Crippen LogP) is 6.35. The number of carbonyl (C=O) groups excluding carboxylic acids is 3. The summed E-state index contributed by atoms with van der Waals surface area (Å²) in [5.74, 6) is -0.840. The number of rotatable bonds is 9. The molecule has 8 heteroatoms. The number of phenolic OH excluding ortho intramolecular Hbond substituents is 1. The third-order valence-electron chi connectivity index (χ3n) is 7.20. The number of ether oxygens (including phenoxy) is 1. The number of benzene rings is 4. The van der Waals surface area contributed by atoms with Gasteiger partial charge < -0.3 is 25.4 Å². The lowest BCUT2D eigenvalue weighted by Crippen LogP contribution is -2.54. The first-order valence-electron chi connectivity index (χ1n) is 14.5. The first kappa shape index (κ1) is 29.6. The largest absolute Gasteiger partial charge is 0.508 e. The molecule has 43 heavy (non-hydrogen) atoms. The van der Waals surface area contributed by atoms with Crippen LogP contribution < -0.4 is 10.6 Å². The number of phenols is 1. The molecule has 0 aromatic heterocycles. The fourth-order valence-corrected chi connectivity index (χ4v) is 5.16. The SMILES string of the molecule is CC(C)(C)OC(=O)NC(Cc1ccccc1)C(=O)N(C1CC1)C(C(=O)Nc1ccc2ccccc2c1)c1cccc(O)c1. The fraction of sp³-hybridized carbons (Fsp3) is 0.286. The summed E-state index contributed by atoms with van der Waals surface area (Å²) in [6.07, 6.45) is 0.928. The van der Waals surface area contributed by atoms with Crippen molar-refractivity contribution in [3.63, 3.8) is 0 Å². The summed E-state index contributed by atoms with van der Waals surface area (Å²) >= 11 is 0. The molecule has 3 amide bonds. The summed E-state index contributed by atoms with van der Waals surface area (Å²) in [4.78, 5) is 43.1. The Labute approximate surface area is 251 Å². The van der Waals surface area contributed by atoms with Gasteiger partial charge in [0, 0.05) is 18.2 Å². The quantitative estimate of drug-likeness (QED) is 0.214. The van der Waals surface area contributed by atoms with Crippen molar-refractivity contribution in [1.29, 1.82) is 0 Å². The molecule has 1 fully saturated rings. The fourth-order valence-electron chi connectivity index (χ4n) is 5.16. The van der Waals surface area contributed by atoms with E-state index < -0.39 is 35.6 Å². The van der Waals surface area contributed by atoms with Crippen molar-refractivity contribution in [3.8, 4) is 5.75 Å². The molecule has 0 radical (unpaired) electrons. The zero-order valence-corrected chi connectivity index (χ0v) is 24.6. The molecular weight excluding hydrogens is 542 g/mol. The topological polar surface area (TPSA) is 108 Å². The molecule has 1 aliphatic rings. The van der Waals surface area contributed by atoms with Crippen molar-refractivity contribution < 1.29 is 24.2 Å². The Kier molecular flexibility index (Phi) is 8.66. The predicted molar refractivity (Wildman–Crippen MR) is 167 cm³/mol. The molecule has 2 atom stereocenters. The molecule has 0 bridgehead atoms. The maximum absolute atomic E-state index is 14.5. The number of carbonyl (C=O) groups is 3. The van der Waals surface area contributed by atoms with Gasteiger partial charge in [0.2, 0.25) is 5.91 Å². The number of amides is 3. The van der Waals surface area contributed by atoms with Crippen LogP contribution >= 0.6 is 0 Å². The van der Waals surface area contributed by atoms with Crippen molar-refractivity contribution in [2.45, 2.75) is 63.8 Å². The van der Waals surface area contributed by atoms with Crippen LogP contribution in [0, 0.1) is 0 Å². The van der Waals surface area contributed by atoms with Crippen molar-refractivity contribution in [2.75, 3.05) is 5.32 Å². The molecule has 0 spiro atoms. The van der Waals surface area contributed by atoms with Crippen LogP contribution in [0.4, 0.5) is 10.5 Å². The zero-order valence-electron chi connectivity index (χ0n) is 24.6. The van der Waals surface area contributed by atoms with Gasteiger partial charge in [0.05, 0.1) is 0 Å². The molecule has 222 valence electrons. The molecule has 3 N–H and O–H groups in total. The van der Waals surface area contributed by atoms with Crippen LogP contribution in [0.1, 0.15) is 50.8 Å². The van der Waals surface area contributed by atoms with E-state index in [1.54, 1.807) is 37.8 Å². The summed E-state index contributed by atoms with van der Waals surface area (Å²) < 4.78 is 5.50. The second-order valence-electron chi connectivity index (χ2n) is 11.9. The smallest absolute Gasteiger partial charge is 0.408 e. The summed E-state index contributed by atoms with van der Waals surface area (Å²) in [7, 11) is 0. The number of nitrogens with one attached hydrogen (secondary N) is 2. The van der Waals surface area contributed by atoms with Crippen LogP contribution in [0.25, 0.3) is 10.8 Å². The van der Waals surface area contributed by atoms with Gasteiger partial charge in [0.15, 0.2) is 0 Å². The molecule has 4 aromatic carbocycles. The molecular formula is C35H37N3O5. The molecule has 8 nitrogen and oxygen atoms in total. The summed E-state index contributed by atoms with van der Waals surface area (Å²) in [5, 5.41) is 18.1. The van der Waals surface area contributed by atoms with Gasteiger partial charge in [0.25, 0.3) is 5.91 Å². The molecule has 5 rings (SSSR count). The van der Waals surface area contributed by atoms with E-state index in [1.807, 2.05) is 72.8 Å². The van der Waals surface area contributed by atoms with Gasteiger partial charge >= 0.3 is 6.09 Å². The minimum Gasteiger partial charge on any atom is -0.508 e. The minimum absolute atomic E-state index is 0.0167. The summed E-state index contributed by atoms with van der Waals surface area (Å²) in [5.41, 5.74) is 1.14. The Hall–Kier alpha value is -4.85. The Balaban J connectivity index is 1.50. The Morgan fingerprint density at radius 3 is 2.26 bits per heavy atom. The Bertz CT molecular complexity index is 1610. The van der Waals surface area contributed by atoms with Crippen LogP contribution in [0.5, 0.6) is 5.75 Å². The standard InChI is InChI=1S/C35H37N3O5/c1-35(2,3)43-34(42)37-30(20-23-10-5-4-6-11-23)33(41)38(28-18-19-28)31(26-14-9-15-29(39)22-26)32(40)36-27-17-16-24-12-7-8-13-25(24)21-27/h4-17,21-22,28,30-31,39H,18-20H2,1-3H3,(H,36,40)(H,37,42). The van der Waals surface area contributed by atoms with Crippen LogP contribution in [-0.4, -0.2) is 45.6 Å². The highest BCUT2D eigenvalue weighted by Crippen LogP contribution is 2.37. The molecule has 2 unspecified atom stereocenters. The molecule has 1 aliphatic carbocycles. The normalized spacial score (nSPS) is 14.4. The number of aromatic hydroxyl groups is 1. The highest BCUT2D eigenvalue weighted by Gasteiger charge is 2.44. The van der Waals surface area contributed by atoms with E-state index in [9.17, 15) is 19.5 Å². The first-order chi connectivity index (χ1) is 20.6. The first-order valence-corrected chi connectivity index (χ1v) is 14.5. The van der Waals surface area contributed by atoms with E-state index in [0.717, 1.165) is 29.2 Å². The molecule has 0 aliphatic heterocycles. The van der Waals surface area contributed by atoms with Crippen molar-refractivity contribution >= 4 is 34.4 Å². The molecule has 0 saturated heterocycles. The number of nitrogens with zero attached hydrogens (tertiary/aromatic N) is 1. The van der Waals surface area contributed by atoms with E-state index in [-0.39, 0.29) is 18.2 Å². The van der Waals surface area contributed by atoms with Gasteiger partial charge in [-0.25, -0.2) is 4.79 Å². The molecule has 0 heterocycles. The van der Waals surface area contributed by atoms with E-state index in [1.165, 1.54) is 12.1 Å². The average Bonchev–Trinajstić information content (AvgIpc) is 3.80. The number of alkyl carbamates (subject to hydrolysis) is 1. The molecule has 1 saturated carbocycles. The average molecular weight is 580 g/mol. The number of anilines is 1. The second-order valence-corrected chi connectivity index (χ2v) is 11.9. The van der Waals surface area contributed by atoms with Gasteiger partial charge in [-0.05, 0) is 79.8 Å². The summed E-state index contributed by atoms with van der Waals surface area (Å²) in [6, 6.07) is 27.0. The van der Waals surface area contributed by atoms with Gasteiger partial charge in [-0.1, -0.05) is 72.8 Å². The van der Waals surface area contributed by atoms with E-state index in [2.05, 4.69) is 10.6 Å². The highest BCUT2D eigenvalue weighted by atomic mass is 16.6.